The van der Waals surface area contributed by atoms with Gasteiger partial charge in [-0.2, -0.15) is 0 Å². The molecule has 16 aromatic rings. The van der Waals surface area contributed by atoms with Crippen LogP contribution in [0.3, 0.4) is 0 Å². The van der Waals surface area contributed by atoms with Crippen LogP contribution in [0.25, 0.3) is 72.0 Å². The van der Waals surface area contributed by atoms with Gasteiger partial charge in [0.05, 0.1) is 50.8 Å². The number of benzene rings is 15. The highest BCUT2D eigenvalue weighted by Crippen LogP contribution is 2.58. The Labute approximate surface area is 578 Å². The Kier molecular flexibility index (Phi) is 13.2. The van der Waals surface area contributed by atoms with E-state index in [0.717, 1.165) is 118 Å². The van der Waals surface area contributed by atoms with Crippen molar-refractivity contribution in [2.24, 2.45) is 0 Å². The fraction of sp³-hybridized carbons (Fsp3) is 0. The Balaban J connectivity index is 0.953. The number of hydrogen-bond acceptors (Lipinski definition) is 6. The second-order valence-electron chi connectivity index (χ2n) is 25.5. The summed E-state index contributed by atoms with van der Waals surface area (Å²) < 4.78 is 2.52. The summed E-state index contributed by atoms with van der Waals surface area (Å²) in [5.74, 6) is 0. The molecule has 98 heavy (non-hydrogen) atoms. The summed E-state index contributed by atoms with van der Waals surface area (Å²) in [6, 6.07) is 131. The first-order chi connectivity index (χ1) is 48.6. The quantitative estimate of drug-likeness (QED) is 0.133. The molecule has 8 heteroatoms. The van der Waals surface area contributed by atoms with Gasteiger partial charge in [0.15, 0.2) is 0 Å². The van der Waals surface area contributed by atoms with E-state index in [1.165, 1.54) is 57.9 Å². The standard InChI is InChI=1S/C90H58BN5S2/c1-5-25-59(26-6-1)61-45-49-65(50-46-61)92-82-57-80(95-76-37-17-21-41-86(76)97-87-42-22-18-38-77(87)95)70(63-29-9-3-10-30-63)55-72(82)91-73-56-71(64-31-11-4-12-32-64)81(96-78-39-19-23-43-88(78)98-89-44-24-20-40-79(89)96)58-83(73)93(66-51-47-62(48-52-66)60-27-7-2-8-28-60)85-54-67(53-84(92)90(85)91)94-74-35-15-13-33-68(74)69-34-14-16-36-75(69)94/h1-58H. The van der Waals surface area contributed by atoms with E-state index < -0.39 is 0 Å². The molecule has 0 bridgehead atoms. The zero-order valence-electron chi connectivity index (χ0n) is 53.1. The molecule has 5 nitrogen and oxygen atoms in total. The van der Waals surface area contributed by atoms with Gasteiger partial charge in [-0.15, -0.1) is 0 Å². The normalized spacial score (nSPS) is 13.1. The summed E-state index contributed by atoms with van der Waals surface area (Å²) in [5.41, 5.74) is 29.6. The van der Waals surface area contributed by atoms with Crippen molar-refractivity contribution in [1.29, 1.82) is 0 Å². The van der Waals surface area contributed by atoms with Crippen LogP contribution in [0.5, 0.6) is 0 Å². The Bertz CT molecular complexity index is 5400. The minimum Gasteiger partial charge on any atom is -0.311 e. The van der Waals surface area contributed by atoms with Crippen LogP contribution >= 0.6 is 23.5 Å². The molecule has 0 saturated carbocycles. The molecule has 0 N–H and O–H groups in total. The fourth-order valence-electron chi connectivity index (χ4n) is 15.8. The van der Waals surface area contributed by atoms with E-state index in [9.17, 15) is 0 Å². The number of nitrogens with zero attached hydrogens (tertiary/aromatic N) is 5. The Morgan fingerprint density at radius 1 is 0.214 bits per heavy atom. The summed E-state index contributed by atoms with van der Waals surface area (Å²) in [7, 11) is 0. The molecule has 458 valence electrons. The maximum absolute atomic E-state index is 2.61. The topological polar surface area (TPSA) is 17.9 Å². The van der Waals surface area contributed by atoms with Gasteiger partial charge in [0, 0.05) is 75.6 Å². The van der Waals surface area contributed by atoms with Crippen molar-refractivity contribution in [3.63, 3.8) is 0 Å². The van der Waals surface area contributed by atoms with Gasteiger partial charge in [0.2, 0.25) is 0 Å². The molecule has 1 aromatic heterocycles. The molecule has 5 heterocycles. The number of aromatic nitrogens is 1. The Morgan fingerprint density at radius 2 is 0.531 bits per heavy atom. The minimum absolute atomic E-state index is 0.294. The van der Waals surface area contributed by atoms with Crippen molar-refractivity contribution in [3.8, 4) is 50.2 Å². The summed E-state index contributed by atoms with van der Waals surface area (Å²) >= 11 is 3.69. The third-order valence-corrected chi connectivity index (χ3v) is 22.4. The maximum atomic E-state index is 2.61. The van der Waals surface area contributed by atoms with Crippen molar-refractivity contribution >= 4 is 137 Å². The third kappa shape index (κ3) is 8.99. The van der Waals surface area contributed by atoms with Crippen LogP contribution in [-0.4, -0.2) is 11.3 Å². The van der Waals surface area contributed by atoms with E-state index in [0.29, 0.717) is 0 Å². The number of hydrogen-bond donors (Lipinski definition) is 0. The zero-order valence-corrected chi connectivity index (χ0v) is 54.7. The second kappa shape index (κ2) is 22.9. The number of para-hydroxylation sites is 6. The van der Waals surface area contributed by atoms with Crippen molar-refractivity contribution in [1.82, 2.24) is 4.57 Å². The lowest BCUT2D eigenvalue weighted by atomic mass is 9.33. The first-order valence-corrected chi connectivity index (χ1v) is 35.1. The van der Waals surface area contributed by atoms with Crippen molar-refractivity contribution in [2.75, 3.05) is 19.6 Å². The van der Waals surface area contributed by atoms with Gasteiger partial charge in [-0.3, -0.25) is 0 Å². The van der Waals surface area contributed by atoms with Gasteiger partial charge >= 0.3 is 0 Å². The monoisotopic (exact) mass is 1280 g/mol. The predicted octanol–water partition coefficient (Wildman–Crippen LogP) is 23.4. The van der Waals surface area contributed by atoms with Gasteiger partial charge < -0.3 is 24.2 Å². The molecule has 0 amide bonds. The van der Waals surface area contributed by atoms with Gasteiger partial charge in [-0.1, -0.05) is 266 Å². The van der Waals surface area contributed by atoms with Gasteiger partial charge in [0.1, 0.15) is 0 Å². The smallest absolute Gasteiger partial charge is 0.252 e. The number of rotatable bonds is 9. The molecule has 0 atom stereocenters. The largest absolute Gasteiger partial charge is 0.311 e. The van der Waals surface area contributed by atoms with E-state index in [4.69, 9.17) is 0 Å². The number of fused-ring (bicyclic) bond motifs is 11. The first kappa shape index (κ1) is 56.4. The molecule has 4 aliphatic rings. The van der Waals surface area contributed by atoms with E-state index in [1.54, 1.807) is 0 Å². The van der Waals surface area contributed by atoms with E-state index >= 15 is 0 Å². The highest BCUT2D eigenvalue weighted by Gasteiger charge is 2.46. The molecule has 0 unspecified atom stereocenters. The third-order valence-electron chi connectivity index (χ3n) is 20.1. The first-order valence-electron chi connectivity index (χ1n) is 33.5. The van der Waals surface area contributed by atoms with Crippen molar-refractivity contribution in [3.05, 3.63) is 352 Å². The lowest BCUT2D eigenvalue weighted by Crippen LogP contribution is -2.61. The maximum Gasteiger partial charge on any atom is 0.252 e. The minimum atomic E-state index is -0.294. The lowest BCUT2D eigenvalue weighted by molar-refractivity contribution is 1.15. The summed E-state index contributed by atoms with van der Waals surface area (Å²) in [6.45, 7) is -0.294. The average molecular weight is 1280 g/mol. The van der Waals surface area contributed by atoms with Crippen LogP contribution in [0.4, 0.5) is 68.2 Å². The highest BCUT2D eigenvalue weighted by atomic mass is 32.2. The molecule has 0 aliphatic carbocycles. The SMILES string of the molecule is c1ccc(-c2ccc(N3c4cc(N5c6ccccc6Sc6ccccc65)c(-c5ccccc5)cc4B4c5cc(-c6ccccc6)c(N6c7ccccc7Sc7ccccc76)cc5N(c5ccc(-c6ccccc6)cc5)c5cc(-n6c7ccccc7c7ccccc76)cc3c54)cc2)cc1. The Hall–Kier alpha value is -11.9. The molecule has 0 radical (unpaired) electrons. The lowest BCUT2D eigenvalue weighted by Gasteiger charge is -2.46. The van der Waals surface area contributed by atoms with Gasteiger partial charge in [0.25, 0.3) is 6.71 Å². The van der Waals surface area contributed by atoms with Crippen LogP contribution in [0.15, 0.2) is 371 Å². The molecule has 0 spiro atoms. The van der Waals surface area contributed by atoms with Crippen LogP contribution in [0, 0.1) is 0 Å². The van der Waals surface area contributed by atoms with Crippen LogP contribution in [0.2, 0.25) is 0 Å². The summed E-state index contributed by atoms with van der Waals surface area (Å²) in [6.07, 6.45) is 0. The molecular formula is C90H58BN5S2. The van der Waals surface area contributed by atoms with Crippen LogP contribution < -0.4 is 36.0 Å². The van der Waals surface area contributed by atoms with Crippen molar-refractivity contribution in [2.45, 2.75) is 19.6 Å². The summed E-state index contributed by atoms with van der Waals surface area (Å²) in [5, 5.41) is 2.42. The molecule has 0 saturated heterocycles. The molecule has 4 aliphatic heterocycles. The van der Waals surface area contributed by atoms with E-state index in [-0.39, 0.29) is 6.71 Å². The average Bonchev–Trinajstić information content (AvgIpc) is 0.743. The van der Waals surface area contributed by atoms with E-state index in [1.807, 2.05) is 23.5 Å². The van der Waals surface area contributed by atoms with Crippen LogP contribution in [-0.2, 0) is 0 Å². The van der Waals surface area contributed by atoms with Crippen molar-refractivity contribution < 1.29 is 0 Å². The fourth-order valence-corrected chi connectivity index (χ4v) is 17.9. The second-order valence-corrected chi connectivity index (χ2v) is 27.7. The highest BCUT2D eigenvalue weighted by molar-refractivity contribution is 8.00. The van der Waals surface area contributed by atoms with Gasteiger partial charge in [-0.05, 0) is 159 Å². The number of anilines is 12. The summed E-state index contributed by atoms with van der Waals surface area (Å²) in [4.78, 5) is 15.1. The molecule has 15 aromatic carbocycles. The van der Waals surface area contributed by atoms with Crippen LogP contribution in [0.1, 0.15) is 0 Å². The molecule has 20 rings (SSSR count). The molecule has 0 fully saturated rings. The molecular weight excluding hydrogens is 1230 g/mol. The van der Waals surface area contributed by atoms with E-state index in [2.05, 4.69) is 376 Å². The van der Waals surface area contributed by atoms with Gasteiger partial charge in [-0.25, -0.2) is 0 Å². The predicted molar refractivity (Wildman–Crippen MR) is 414 cm³/mol. The Morgan fingerprint density at radius 3 is 0.908 bits per heavy atom. The zero-order chi connectivity index (χ0) is 64.4.